The van der Waals surface area contributed by atoms with Crippen LogP contribution in [0.5, 0.6) is 11.5 Å². The summed E-state index contributed by atoms with van der Waals surface area (Å²) < 4.78 is 78.2. The van der Waals surface area contributed by atoms with Crippen LogP contribution in [0.4, 0.5) is 18.9 Å². The molecule has 0 saturated heterocycles. The van der Waals surface area contributed by atoms with Gasteiger partial charge in [0.1, 0.15) is 23.4 Å². The Bertz CT molecular complexity index is 1300. The lowest BCUT2D eigenvalue weighted by molar-refractivity contribution is 0.149. The van der Waals surface area contributed by atoms with E-state index < -0.39 is 39.6 Å². The highest BCUT2D eigenvalue weighted by atomic mass is 32.2. The minimum Gasteiger partial charge on any atom is -0.495 e. The van der Waals surface area contributed by atoms with Crippen molar-refractivity contribution in [3.05, 3.63) is 65.0 Å². The van der Waals surface area contributed by atoms with Crippen LogP contribution in [-0.4, -0.2) is 27.8 Å². The fourth-order valence-electron chi connectivity index (χ4n) is 3.78. The van der Waals surface area contributed by atoms with Gasteiger partial charge >= 0.3 is 0 Å². The van der Waals surface area contributed by atoms with Crippen LogP contribution in [0, 0.1) is 17.5 Å². The number of nitrogens with two attached hydrogens (primary N) is 1. The van der Waals surface area contributed by atoms with E-state index in [0.29, 0.717) is 33.9 Å². The molecule has 6 nitrogen and oxygen atoms in total. The third-order valence-corrected chi connectivity index (χ3v) is 5.72. The smallest absolute Gasteiger partial charge is 0.229 e. The molecule has 2 atom stereocenters. The molecule has 4 rings (SSSR count). The predicted octanol–water partition coefficient (Wildman–Crippen LogP) is 3.64. The third-order valence-electron chi connectivity index (χ3n) is 5.13. The van der Waals surface area contributed by atoms with E-state index >= 15 is 0 Å². The highest BCUT2D eigenvalue weighted by Gasteiger charge is 2.33. The molecule has 3 N–H and O–H groups in total. The lowest BCUT2D eigenvalue weighted by Crippen LogP contribution is -2.38. The van der Waals surface area contributed by atoms with Gasteiger partial charge in [0.25, 0.3) is 0 Å². The number of halogens is 3. The van der Waals surface area contributed by atoms with Crippen LogP contribution in [-0.2, 0) is 16.4 Å². The molecule has 3 aromatic carbocycles. The zero-order valence-corrected chi connectivity index (χ0v) is 17.4. The van der Waals surface area contributed by atoms with Gasteiger partial charge in [-0.25, -0.2) is 21.6 Å². The van der Waals surface area contributed by atoms with Gasteiger partial charge in [-0.3, -0.25) is 4.72 Å². The second kappa shape index (κ2) is 7.61. The highest BCUT2D eigenvalue weighted by molar-refractivity contribution is 7.92. The molecule has 164 valence electrons. The lowest BCUT2D eigenvalue weighted by Gasteiger charge is -2.32. The molecule has 10 heteroatoms. The highest BCUT2D eigenvalue weighted by Crippen LogP contribution is 2.42. The Hall–Kier alpha value is -2.98. The maximum atomic E-state index is 14.3. The first-order valence-electron chi connectivity index (χ1n) is 9.25. The first-order chi connectivity index (χ1) is 14.6. The van der Waals surface area contributed by atoms with Gasteiger partial charge in [-0.2, -0.15) is 0 Å². The van der Waals surface area contributed by atoms with Crippen LogP contribution in [0.15, 0.2) is 36.4 Å². The van der Waals surface area contributed by atoms with Crippen LogP contribution in [0.3, 0.4) is 0 Å². The molecule has 0 unspecified atom stereocenters. The monoisotopic (exact) mass is 452 g/mol. The molecule has 0 aromatic heterocycles. The third kappa shape index (κ3) is 4.00. The van der Waals surface area contributed by atoms with Crippen LogP contribution in [0.2, 0.25) is 0 Å². The van der Waals surface area contributed by atoms with Gasteiger partial charge in [-0.05, 0) is 41.5 Å². The Labute approximate surface area is 176 Å². The molecule has 0 bridgehead atoms. The fourth-order valence-corrected chi connectivity index (χ4v) is 4.34. The Morgan fingerprint density at radius 2 is 1.81 bits per heavy atom. The van der Waals surface area contributed by atoms with Crippen molar-refractivity contribution < 1.29 is 31.1 Å². The number of anilines is 1. The van der Waals surface area contributed by atoms with Gasteiger partial charge in [0, 0.05) is 17.2 Å². The molecule has 0 spiro atoms. The molecular weight excluding hydrogens is 433 g/mol. The maximum absolute atomic E-state index is 14.3. The summed E-state index contributed by atoms with van der Waals surface area (Å²) in [5, 5.41) is 1.42. The number of hydrogen-bond donors (Lipinski definition) is 2. The van der Waals surface area contributed by atoms with Crippen molar-refractivity contribution in [2.75, 3.05) is 18.1 Å². The molecule has 31 heavy (non-hydrogen) atoms. The number of benzene rings is 3. The van der Waals surface area contributed by atoms with E-state index in [9.17, 15) is 21.6 Å². The zero-order valence-electron chi connectivity index (χ0n) is 16.6. The first-order valence-corrected chi connectivity index (χ1v) is 11.1. The first kappa shape index (κ1) is 21.3. The lowest BCUT2D eigenvalue weighted by atomic mass is 9.90. The van der Waals surface area contributed by atoms with Gasteiger partial charge in [0.2, 0.25) is 10.0 Å². The normalized spacial score (nSPS) is 18.4. The second-order valence-electron chi connectivity index (χ2n) is 7.38. The number of rotatable bonds is 4. The number of sulfonamides is 1. The van der Waals surface area contributed by atoms with E-state index in [-0.39, 0.29) is 17.7 Å². The van der Waals surface area contributed by atoms with Crippen molar-refractivity contribution >= 4 is 26.5 Å². The Morgan fingerprint density at radius 1 is 1.10 bits per heavy atom. The van der Waals surface area contributed by atoms with Gasteiger partial charge in [0.15, 0.2) is 11.6 Å². The van der Waals surface area contributed by atoms with E-state index in [2.05, 4.69) is 4.72 Å². The summed E-state index contributed by atoms with van der Waals surface area (Å²) in [5.74, 6) is -2.71. The maximum Gasteiger partial charge on any atom is 0.229 e. The van der Waals surface area contributed by atoms with E-state index in [1.165, 1.54) is 7.11 Å². The molecule has 1 aliphatic rings. The zero-order chi connectivity index (χ0) is 22.5. The van der Waals surface area contributed by atoms with E-state index in [1.54, 1.807) is 24.3 Å². The molecular formula is C21H19F3N2O4S. The quantitative estimate of drug-likeness (QED) is 0.590. The number of hydrogen-bond acceptors (Lipinski definition) is 5. The summed E-state index contributed by atoms with van der Waals surface area (Å²) in [5.41, 5.74) is 7.06. The van der Waals surface area contributed by atoms with Crippen molar-refractivity contribution in [1.29, 1.82) is 0 Å². The summed E-state index contributed by atoms with van der Waals surface area (Å²) in [6, 6.07) is 7.13. The molecule has 0 aliphatic carbocycles. The largest absolute Gasteiger partial charge is 0.495 e. The molecule has 0 saturated carbocycles. The van der Waals surface area contributed by atoms with Crippen molar-refractivity contribution in [3.8, 4) is 11.5 Å². The summed E-state index contributed by atoms with van der Waals surface area (Å²) in [7, 11) is -2.11. The summed E-state index contributed by atoms with van der Waals surface area (Å²) in [6.45, 7) is 0. The number of ether oxygens (including phenoxy) is 2. The number of fused-ring (bicyclic) bond motifs is 3. The summed E-state index contributed by atoms with van der Waals surface area (Å²) in [4.78, 5) is 0. The fraction of sp³-hybridized carbons (Fsp3) is 0.238. The van der Waals surface area contributed by atoms with E-state index in [0.717, 1.165) is 12.3 Å². The van der Waals surface area contributed by atoms with Crippen molar-refractivity contribution in [1.82, 2.24) is 0 Å². The van der Waals surface area contributed by atoms with E-state index in [4.69, 9.17) is 15.2 Å². The minimum absolute atomic E-state index is 0.164. The Kier molecular flexibility index (Phi) is 5.22. The number of nitrogens with one attached hydrogen (secondary N) is 1. The van der Waals surface area contributed by atoms with E-state index in [1.807, 2.05) is 0 Å². The summed E-state index contributed by atoms with van der Waals surface area (Å²) >= 11 is 0. The molecule has 0 radical (unpaired) electrons. The molecule has 3 aromatic rings. The van der Waals surface area contributed by atoms with Crippen LogP contribution < -0.4 is 19.9 Å². The molecule has 1 aliphatic heterocycles. The molecule has 1 heterocycles. The standard InChI is InChI=1S/C21H19F3N2O4S/c1-29-20-8-11-10(5-18(20)26-31(2,27)28)3-4-19-12(11)7-17(25)21(30-19)13-6-15(23)16(24)9-14(13)22/h3-6,8-9,17,21,26H,7,25H2,1-2H3/t17-,21+/m0/s1. The minimum atomic E-state index is -3.52. The average molecular weight is 452 g/mol. The van der Waals surface area contributed by atoms with Crippen LogP contribution in [0.25, 0.3) is 10.8 Å². The summed E-state index contributed by atoms with van der Waals surface area (Å²) in [6.07, 6.45) is 0.291. The van der Waals surface area contributed by atoms with Crippen LogP contribution in [0.1, 0.15) is 17.2 Å². The Balaban J connectivity index is 1.79. The second-order valence-corrected chi connectivity index (χ2v) is 9.13. The van der Waals surface area contributed by atoms with Crippen molar-refractivity contribution in [2.24, 2.45) is 5.73 Å². The average Bonchev–Trinajstić information content (AvgIpc) is 2.68. The van der Waals surface area contributed by atoms with Crippen LogP contribution >= 0.6 is 0 Å². The SMILES string of the molecule is COc1cc2c3c(ccc2cc1NS(C)(=O)=O)O[C@H](c1cc(F)c(F)cc1F)[C@@H](N)C3. The van der Waals surface area contributed by atoms with Crippen molar-refractivity contribution in [3.63, 3.8) is 0 Å². The number of methoxy groups -OCH3 is 1. The molecule has 0 fully saturated rings. The molecule has 0 amide bonds. The van der Waals surface area contributed by atoms with Gasteiger partial charge in [-0.1, -0.05) is 6.07 Å². The van der Waals surface area contributed by atoms with Crippen molar-refractivity contribution in [2.45, 2.75) is 18.6 Å². The van der Waals surface area contributed by atoms with Gasteiger partial charge < -0.3 is 15.2 Å². The van der Waals surface area contributed by atoms with Gasteiger partial charge in [0.05, 0.1) is 25.1 Å². The predicted molar refractivity (Wildman–Crippen MR) is 110 cm³/mol. The van der Waals surface area contributed by atoms with Gasteiger partial charge in [-0.15, -0.1) is 0 Å². The Morgan fingerprint density at radius 3 is 2.48 bits per heavy atom. The topological polar surface area (TPSA) is 90.6 Å².